The summed E-state index contributed by atoms with van der Waals surface area (Å²) in [5.74, 6) is -0.210. The predicted molar refractivity (Wildman–Crippen MR) is 112 cm³/mol. The molecule has 0 fully saturated rings. The lowest BCUT2D eigenvalue weighted by atomic mass is 9.77. The van der Waals surface area contributed by atoms with Crippen molar-refractivity contribution in [1.82, 2.24) is 16.0 Å². The van der Waals surface area contributed by atoms with E-state index in [1.807, 2.05) is 34.6 Å². The van der Waals surface area contributed by atoms with Gasteiger partial charge in [0.25, 0.3) is 0 Å². The Morgan fingerprint density at radius 1 is 1.14 bits per heavy atom. The van der Waals surface area contributed by atoms with E-state index in [2.05, 4.69) is 16.0 Å². The molecule has 1 rings (SSSR count). The van der Waals surface area contributed by atoms with Crippen molar-refractivity contribution in [3.63, 3.8) is 0 Å². The molecule has 0 spiro atoms. The van der Waals surface area contributed by atoms with Crippen molar-refractivity contribution in [3.05, 3.63) is 29.8 Å². The first-order valence-corrected chi connectivity index (χ1v) is 9.71. The number of benzene rings is 1. The highest BCUT2D eigenvalue weighted by atomic mass is 16.4. The molecule has 2 amide bonds. The summed E-state index contributed by atoms with van der Waals surface area (Å²) in [6.07, 6.45) is 0.350. The summed E-state index contributed by atoms with van der Waals surface area (Å²) < 4.78 is 0. The number of carbonyl (C=O) groups is 2. The molecule has 0 saturated heterocycles. The fraction of sp³-hybridized carbons (Fsp3) is 0.600. The van der Waals surface area contributed by atoms with Gasteiger partial charge in [0.2, 0.25) is 11.8 Å². The summed E-state index contributed by atoms with van der Waals surface area (Å²) in [7, 11) is -1.56. The monoisotopic (exact) mass is 391 g/mol. The van der Waals surface area contributed by atoms with Crippen LogP contribution >= 0.6 is 0 Å². The van der Waals surface area contributed by atoms with Gasteiger partial charge in [0, 0.05) is 26.1 Å². The van der Waals surface area contributed by atoms with Crippen LogP contribution < -0.4 is 21.4 Å². The molecule has 0 bridgehead atoms. The molecular formula is C20H34BN3O4. The zero-order valence-corrected chi connectivity index (χ0v) is 17.6. The quantitative estimate of drug-likeness (QED) is 0.365. The number of carbonyl (C=O) groups excluding carboxylic acids is 2. The smallest absolute Gasteiger partial charge is 0.423 e. The number of amides is 2. The first-order valence-electron chi connectivity index (χ1n) is 9.71. The van der Waals surface area contributed by atoms with Gasteiger partial charge in [-0.25, -0.2) is 0 Å². The molecule has 1 atom stereocenters. The topological polar surface area (TPSA) is 111 Å². The molecule has 0 aliphatic heterocycles. The summed E-state index contributed by atoms with van der Waals surface area (Å²) in [5, 5.41) is 27.7. The molecule has 7 nitrogen and oxygen atoms in total. The average molecular weight is 391 g/mol. The van der Waals surface area contributed by atoms with E-state index >= 15 is 0 Å². The molecule has 0 aliphatic rings. The minimum atomic E-state index is -1.56. The highest BCUT2D eigenvalue weighted by Gasteiger charge is 2.23. The average Bonchev–Trinajstić information content (AvgIpc) is 2.57. The summed E-state index contributed by atoms with van der Waals surface area (Å²) >= 11 is 0. The van der Waals surface area contributed by atoms with Crippen molar-refractivity contribution in [3.8, 4) is 0 Å². The van der Waals surface area contributed by atoms with Crippen LogP contribution in [0.4, 0.5) is 0 Å². The van der Waals surface area contributed by atoms with Gasteiger partial charge in [0.15, 0.2) is 0 Å². The van der Waals surface area contributed by atoms with Crippen molar-refractivity contribution in [2.45, 2.75) is 53.6 Å². The highest BCUT2D eigenvalue weighted by Crippen LogP contribution is 2.10. The second kappa shape index (κ2) is 11.2. The largest absolute Gasteiger partial charge is 0.488 e. The standard InChI is InChI=1S/C20H34BN3O4/c1-14(2)10-18(25)24-17(19(26)23-13-20(3,4)5)12-22-11-15-8-6-7-9-16(15)21(27)28/h6-9,14,17,22,27-28H,10-13H2,1-5H3,(H,23,26)(H,24,25). The fourth-order valence-corrected chi connectivity index (χ4v) is 2.61. The fourth-order valence-electron chi connectivity index (χ4n) is 2.61. The van der Waals surface area contributed by atoms with E-state index in [0.717, 1.165) is 5.56 Å². The zero-order valence-electron chi connectivity index (χ0n) is 17.6. The molecule has 0 aromatic heterocycles. The molecule has 28 heavy (non-hydrogen) atoms. The second-order valence-electron chi connectivity index (χ2n) is 8.70. The van der Waals surface area contributed by atoms with E-state index < -0.39 is 13.2 Å². The van der Waals surface area contributed by atoms with Gasteiger partial charge >= 0.3 is 7.12 Å². The van der Waals surface area contributed by atoms with Gasteiger partial charge in [-0.2, -0.15) is 0 Å². The Kier molecular flexibility index (Phi) is 9.65. The van der Waals surface area contributed by atoms with Crippen LogP contribution in [-0.4, -0.2) is 48.1 Å². The van der Waals surface area contributed by atoms with Crippen LogP contribution in [0.25, 0.3) is 0 Å². The summed E-state index contributed by atoms with van der Waals surface area (Å²) in [6, 6.07) is 6.25. The van der Waals surface area contributed by atoms with E-state index in [0.29, 0.717) is 25.0 Å². The van der Waals surface area contributed by atoms with Gasteiger partial charge < -0.3 is 26.0 Å². The Labute approximate surface area is 168 Å². The SMILES string of the molecule is CC(C)CC(=O)NC(CNCc1ccccc1B(O)O)C(=O)NCC(C)(C)C. The molecule has 156 valence electrons. The van der Waals surface area contributed by atoms with Crippen LogP contribution in [-0.2, 0) is 16.1 Å². The van der Waals surface area contributed by atoms with Crippen LogP contribution in [0.2, 0.25) is 0 Å². The minimum absolute atomic E-state index is 0.0637. The number of hydrogen-bond acceptors (Lipinski definition) is 5. The van der Waals surface area contributed by atoms with Crippen LogP contribution in [0.1, 0.15) is 46.6 Å². The summed E-state index contributed by atoms with van der Waals surface area (Å²) in [4.78, 5) is 24.7. The third-order valence-corrected chi connectivity index (χ3v) is 4.04. The molecule has 1 aromatic rings. The molecule has 1 aromatic carbocycles. The first-order chi connectivity index (χ1) is 13.0. The maximum atomic E-state index is 12.6. The van der Waals surface area contributed by atoms with E-state index in [4.69, 9.17) is 0 Å². The highest BCUT2D eigenvalue weighted by molar-refractivity contribution is 6.59. The van der Waals surface area contributed by atoms with Gasteiger partial charge in [-0.1, -0.05) is 58.9 Å². The third kappa shape index (κ3) is 9.35. The molecule has 1 unspecified atom stereocenters. The number of nitrogens with one attached hydrogen (secondary N) is 3. The summed E-state index contributed by atoms with van der Waals surface area (Å²) in [6.45, 7) is 11.0. The van der Waals surface area contributed by atoms with Crippen LogP contribution in [0.5, 0.6) is 0 Å². The molecule has 0 heterocycles. The van der Waals surface area contributed by atoms with Gasteiger partial charge in [0.1, 0.15) is 6.04 Å². The van der Waals surface area contributed by atoms with Crippen LogP contribution in [0, 0.1) is 11.3 Å². The normalized spacial score (nSPS) is 12.6. The van der Waals surface area contributed by atoms with Crippen LogP contribution in [0.15, 0.2) is 24.3 Å². The Hall–Kier alpha value is -1.90. The summed E-state index contributed by atoms with van der Waals surface area (Å²) in [5.41, 5.74) is 1.07. The Bertz CT molecular complexity index is 645. The molecule has 8 heteroatoms. The molecule has 0 radical (unpaired) electrons. The minimum Gasteiger partial charge on any atom is -0.423 e. The van der Waals surface area contributed by atoms with E-state index in [1.54, 1.807) is 24.3 Å². The van der Waals surface area contributed by atoms with Crippen molar-refractivity contribution in [1.29, 1.82) is 0 Å². The van der Waals surface area contributed by atoms with Crippen molar-refractivity contribution < 1.29 is 19.6 Å². The van der Waals surface area contributed by atoms with Crippen molar-refractivity contribution in [2.75, 3.05) is 13.1 Å². The molecular weight excluding hydrogens is 357 g/mol. The maximum Gasteiger partial charge on any atom is 0.488 e. The Morgan fingerprint density at radius 2 is 1.79 bits per heavy atom. The number of hydrogen-bond donors (Lipinski definition) is 5. The molecule has 0 aliphatic carbocycles. The maximum absolute atomic E-state index is 12.6. The zero-order chi connectivity index (χ0) is 21.3. The van der Waals surface area contributed by atoms with Gasteiger partial charge in [-0.15, -0.1) is 0 Å². The van der Waals surface area contributed by atoms with Crippen molar-refractivity contribution >= 4 is 24.4 Å². The van der Waals surface area contributed by atoms with Gasteiger partial charge in [-0.3, -0.25) is 9.59 Å². The van der Waals surface area contributed by atoms with Crippen LogP contribution in [0.3, 0.4) is 0 Å². The molecule has 0 saturated carbocycles. The first kappa shape index (κ1) is 24.1. The second-order valence-corrected chi connectivity index (χ2v) is 8.70. The van der Waals surface area contributed by atoms with E-state index in [9.17, 15) is 19.6 Å². The van der Waals surface area contributed by atoms with Gasteiger partial charge in [0.05, 0.1) is 0 Å². The lowest BCUT2D eigenvalue weighted by Crippen LogP contribution is -2.53. The predicted octanol–water partition coefficient (Wildman–Crippen LogP) is 0.149. The van der Waals surface area contributed by atoms with E-state index in [1.165, 1.54) is 0 Å². The lowest BCUT2D eigenvalue weighted by Gasteiger charge is -2.23. The van der Waals surface area contributed by atoms with E-state index in [-0.39, 0.29) is 29.7 Å². The Morgan fingerprint density at radius 3 is 2.36 bits per heavy atom. The van der Waals surface area contributed by atoms with Gasteiger partial charge in [-0.05, 0) is 22.4 Å². The lowest BCUT2D eigenvalue weighted by molar-refractivity contribution is -0.129. The Balaban J connectivity index is 2.73. The van der Waals surface area contributed by atoms with Crippen molar-refractivity contribution in [2.24, 2.45) is 11.3 Å². The third-order valence-electron chi connectivity index (χ3n) is 4.04. The number of rotatable bonds is 10. The molecule has 5 N–H and O–H groups in total.